The van der Waals surface area contributed by atoms with Gasteiger partial charge in [0, 0.05) is 44.6 Å². The van der Waals surface area contributed by atoms with E-state index in [9.17, 15) is 0 Å². The van der Waals surface area contributed by atoms with E-state index in [2.05, 4.69) is 29.0 Å². The van der Waals surface area contributed by atoms with E-state index in [1.807, 2.05) is 0 Å². The van der Waals surface area contributed by atoms with Gasteiger partial charge in [0.15, 0.2) is 5.96 Å². The molecule has 5 unspecified atom stereocenters. The first kappa shape index (κ1) is 16.6. The molecule has 4 aliphatic heterocycles. The van der Waals surface area contributed by atoms with Gasteiger partial charge >= 0.3 is 0 Å². The molecular weight excluding hydrogens is 300 g/mol. The van der Waals surface area contributed by atoms with Crippen molar-refractivity contribution in [3.8, 4) is 0 Å². The van der Waals surface area contributed by atoms with Crippen molar-refractivity contribution in [3.63, 3.8) is 0 Å². The molecule has 24 heavy (non-hydrogen) atoms. The molecule has 4 rings (SSSR count). The van der Waals surface area contributed by atoms with Gasteiger partial charge in [-0.2, -0.15) is 0 Å². The Bertz CT molecular complexity index is 450. The lowest BCUT2D eigenvalue weighted by Crippen LogP contribution is -2.41. The van der Waals surface area contributed by atoms with Crippen molar-refractivity contribution < 1.29 is 4.74 Å². The Kier molecular flexibility index (Phi) is 5.00. The largest absolute Gasteiger partial charge is 0.374 e. The first-order valence-corrected chi connectivity index (χ1v) is 10.2. The molecule has 5 nitrogen and oxygen atoms in total. The molecule has 0 amide bonds. The van der Waals surface area contributed by atoms with Gasteiger partial charge in [0.2, 0.25) is 0 Å². The minimum atomic E-state index is 0.533. The highest BCUT2D eigenvalue weighted by molar-refractivity contribution is 5.80. The average Bonchev–Trinajstić information content (AvgIpc) is 3.32. The van der Waals surface area contributed by atoms with Crippen LogP contribution in [-0.4, -0.2) is 73.8 Å². The van der Waals surface area contributed by atoms with E-state index in [1.165, 1.54) is 45.3 Å². The van der Waals surface area contributed by atoms with E-state index in [0.29, 0.717) is 12.2 Å². The van der Waals surface area contributed by atoms with Crippen molar-refractivity contribution in [1.29, 1.82) is 0 Å². The third kappa shape index (κ3) is 3.17. The quantitative estimate of drug-likeness (QED) is 0.615. The monoisotopic (exact) mass is 334 g/mol. The minimum absolute atomic E-state index is 0.533. The standard InChI is InChI=1S/C19H34N4O/c1-3-8-22-9-7-14(11-22)10-21-19(20-4-2)23-12-15-16(13-23)18-6-5-17(15)24-18/h14-18H,3-13H2,1-2H3,(H,20,21). The van der Waals surface area contributed by atoms with Crippen molar-refractivity contribution in [3.05, 3.63) is 0 Å². The van der Waals surface area contributed by atoms with Crippen molar-refractivity contribution in [2.24, 2.45) is 22.7 Å². The number of guanidine groups is 1. The van der Waals surface area contributed by atoms with Crippen LogP contribution in [0.3, 0.4) is 0 Å². The molecule has 136 valence electrons. The molecule has 0 aromatic heterocycles. The summed E-state index contributed by atoms with van der Waals surface area (Å²) in [5.41, 5.74) is 0. The Morgan fingerprint density at radius 3 is 2.50 bits per heavy atom. The van der Waals surface area contributed by atoms with Gasteiger partial charge in [-0.05, 0) is 51.6 Å². The summed E-state index contributed by atoms with van der Waals surface area (Å²) in [6.45, 7) is 12.4. The Labute approximate surface area is 146 Å². The number of nitrogens with one attached hydrogen (secondary N) is 1. The number of nitrogens with zero attached hydrogens (tertiary/aromatic N) is 3. The van der Waals surface area contributed by atoms with Gasteiger partial charge < -0.3 is 19.9 Å². The Balaban J connectivity index is 1.35. The number of likely N-dealkylation sites (tertiary alicyclic amines) is 2. The van der Waals surface area contributed by atoms with Gasteiger partial charge in [-0.1, -0.05) is 6.92 Å². The van der Waals surface area contributed by atoms with Crippen LogP contribution in [0.25, 0.3) is 0 Å². The second kappa shape index (κ2) is 7.20. The van der Waals surface area contributed by atoms with Crippen LogP contribution in [0.1, 0.15) is 39.5 Å². The van der Waals surface area contributed by atoms with Crippen LogP contribution in [0.2, 0.25) is 0 Å². The molecule has 5 heteroatoms. The smallest absolute Gasteiger partial charge is 0.193 e. The molecule has 5 atom stereocenters. The molecule has 1 N–H and O–H groups in total. The summed E-state index contributed by atoms with van der Waals surface area (Å²) in [6, 6.07) is 0. The summed E-state index contributed by atoms with van der Waals surface area (Å²) >= 11 is 0. The molecule has 2 bridgehead atoms. The molecule has 0 radical (unpaired) electrons. The lowest BCUT2D eigenvalue weighted by Gasteiger charge is -2.24. The molecule has 0 aliphatic carbocycles. The first-order valence-electron chi connectivity index (χ1n) is 10.2. The lowest BCUT2D eigenvalue weighted by atomic mass is 9.82. The zero-order valence-corrected chi connectivity index (χ0v) is 15.4. The van der Waals surface area contributed by atoms with Crippen LogP contribution < -0.4 is 5.32 Å². The van der Waals surface area contributed by atoms with E-state index in [0.717, 1.165) is 49.9 Å². The zero-order chi connectivity index (χ0) is 16.5. The zero-order valence-electron chi connectivity index (χ0n) is 15.4. The third-order valence-corrected chi connectivity index (χ3v) is 6.50. The molecular formula is C19H34N4O. The predicted molar refractivity (Wildman–Crippen MR) is 97.3 cm³/mol. The van der Waals surface area contributed by atoms with Crippen LogP contribution in [0.15, 0.2) is 4.99 Å². The van der Waals surface area contributed by atoms with E-state index < -0.39 is 0 Å². The number of ether oxygens (including phenoxy) is 1. The topological polar surface area (TPSA) is 40.1 Å². The summed E-state index contributed by atoms with van der Waals surface area (Å²) in [5.74, 6) is 3.39. The van der Waals surface area contributed by atoms with E-state index >= 15 is 0 Å². The van der Waals surface area contributed by atoms with Crippen molar-refractivity contribution >= 4 is 5.96 Å². The van der Waals surface area contributed by atoms with Gasteiger partial charge in [0.25, 0.3) is 0 Å². The fourth-order valence-electron chi connectivity index (χ4n) is 5.36. The van der Waals surface area contributed by atoms with Crippen LogP contribution in [0.5, 0.6) is 0 Å². The van der Waals surface area contributed by atoms with Gasteiger partial charge in [-0.15, -0.1) is 0 Å². The molecule has 0 aromatic carbocycles. The molecule has 4 saturated heterocycles. The third-order valence-electron chi connectivity index (χ3n) is 6.50. The van der Waals surface area contributed by atoms with Gasteiger partial charge in [0.05, 0.1) is 12.2 Å². The fourth-order valence-corrected chi connectivity index (χ4v) is 5.36. The number of rotatable bonds is 5. The maximum Gasteiger partial charge on any atom is 0.193 e. The Hall–Kier alpha value is -0.810. The fraction of sp³-hybridized carbons (Fsp3) is 0.947. The Morgan fingerprint density at radius 1 is 1.08 bits per heavy atom. The normalized spacial score (nSPS) is 39.0. The highest BCUT2D eigenvalue weighted by Crippen LogP contribution is 2.47. The molecule has 0 spiro atoms. The van der Waals surface area contributed by atoms with Crippen LogP contribution >= 0.6 is 0 Å². The number of fused-ring (bicyclic) bond motifs is 5. The molecule has 0 saturated carbocycles. The van der Waals surface area contributed by atoms with Crippen molar-refractivity contribution in [2.45, 2.75) is 51.7 Å². The van der Waals surface area contributed by atoms with Crippen LogP contribution in [-0.2, 0) is 4.74 Å². The number of hydrogen-bond donors (Lipinski definition) is 1. The average molecular weight is 335 g/mol. The highest BCUT2D eigenvalue weighted by atomic mass is 16.5. The second-order valence-corrected chi connectivity index (χ2v) is 8.17. The van der Waals surface area contributed by atoms with Gasteiger partial charge in [-0.3, -0.25) is 4.99 Å². The highest BCUT2D eigenvalue weighted by Gasteiger charge is 2.53. The summed E-state index contributed by atoms with van der Waals surface area (Å²) in [7, 11) is 0. The maximum absolute atomic E-state index is 6.11. The first-order chi connectivity index (χ1) is 11.8. The van der Waals surface area contributed by atoms with Crippen LogP contribution in [0, 0.1) is 17.8 Å². The van der Waals surface area contributed by atoms with Gasteiger partial charge in [0.1, 0.15) is 0 Å². The number of hydrogen-bond acceptors (Lipinski definition) is 3. The Morgan fingerprint density at radius 2 is 1.83 bits per heavy atom. The molecule has 0 aromatic rings. The predicted octanol–water partition coefficient (Wildman–Crippen LogP) is 1.79. The second-order valence-electron chi connectivity index (χ2n) is 8.17. The minimum Gasteiger partial charge on any atom is -0.374 e. The van der Waals surface area contributed by atoms with Crippen LogP contribution in [0.4, 0.5) is 0 Å². The van der Waals surface area contributed by atoms with E-state index in [-0.39, 0.29) is 0 Å². The molecule has 4 heterocycles. The number of aliphatic imine (C=N–C) groups is 1. The summed E-state index contributed by atoms with van der Waals surface area (Å²) in [5, 5.41) is 3.55. The van der Waals surface area contributed by atoms with E-state index in [1.54, 1.807) is 0 Å². The van der Waals surface area contributed by atoms with Crippen molar-refractivity contribution in [2.75, 3.05) is 45.8 Å². The summed E-state index contributed by atoms with van der Waals surface area (Å²) in [6.07, 6.45) is 6.20. The molecule has 4 fully saturated rings. The van der Waals surface area contributed by atoms with Gasteiger partial charge in [-0.25, -0.2) is 0 Å². The van der Waals surface area contributed by atoms with Crippen molar-refractivity contribution in [1.82, 2.24) is 15.1 Å². The lowest BCUT2D eigenvalue weighted by molar-refractivity contribution is 0.0767. The van der Waals surface area contributed by atoms with E-state index in [4.69, 9.17) is 9.73 Å². The molecule has 4 aliphatic rings. The SMILES string of the molecule is CCCN1CCC(CN=C(NCC)N2CC3C4CCC(O4)C3C2)C1. The summed E-state index contributed by atoms with van der Waals surface area (Å²) < 4.78 is 6.11. The maximum atomic E-state index is 6.11. The summed E-state index contributed by atoms with van der Waals surface area (Å²) in [4.78, 5) is 10.2.